The van der Waals surface area contributed by atoms with E-state index in [0.717, 1.165) is 21.7 Å². The molecule has 3 heteroatoms. The molecule has 1 aromatic rings. The molecule has 20 heavy (non-hydrogen) atoms. The molecule has 1 nitrogen and oxygen atoms in total. The standard InChI is InChI=1S/C10H10O.C5H5.C2H7Si.Ti/c1-2-3-9-11-10-7-5-4-6-8-10;1-2-4-5-3-1;1-3-2;/h2-9H,1H2;1-3H,4H2;3H,1-2H3;/q;-1;;. The van der Waals surface area contributed by atoms with Crippen LogP contribution in [0.3, 0.4) is 0 Å². The van der Waals surface area contributed by atoms with E-state index in [1.807, 2.05) is 42.5 Å². The van der Waals surface area contributed by atoms with Crippen molar-refractivity contribution in [3.63, 3.8) is 0 Å². The van der Waals surface area contributed by atoms with Crippen LogP contribution in [-0.2, 0) is 21.7 Å². The Kier molecular flexibility index (Phi) is 19.0. The van der Waals surface area contributed by atoms with E-state index in [1.165, 1.54) is 0 Å². The van der Waals surface area contributed by atoms with Crippen LogP contribution in [0.15, 0.2) is 73.6 Å². The second-order valence-electron chi connectivity index (χ2n) is 3.58. The van der Waals surface area contributed by atoms with Crippen molar-refractivity contribution in [2.75, 3.05) is 0 Å². The van der Waals surface area contributed by atoms with E-state index < -0.39 is 0 Å². The maximum absolute atomic E-state index is 5.19. The zero-order valence-electron chi connectivity index (χ0n) is 12.3. The van der Waals surface area contributed by atoms with Gasteiger partial charge in [0.2, 0.25) is 0 Å². The predicted octanol–water partition coefficient (Wildman–Crippen LogP) is 4.59. The van der Waals surface area contributed by atoms with Gasteiger partial charge in [-0.25, -0.2) is 12.2 Å². The summed E-state index contributed by atoms with van der Waals surface area (Å²) < 4.78 is 5.19. The van der Waals surface area contributed by atoms with E-state index in [9.17, 15) is 0 Å². The molecule has 0 aliphatic heterocycles. The topological polar surface area (TPSA) is 9.23 Å². The molecule has 105 valence electrons. The van der Waals surface area contributed by atoms with E-state index >= 15 is 0 Å². The molecule has 0 saturated carbocycles. The zero-order chi connectivity index (χ0) is 14.2. The van der Waals surface area contributed by atoms with Crippen molar-refractivity contribution < 1.29 is 26.5 Å². The fourth-order valence-electron chi connectivity index (χ4n) is 1.01. The third kappa shape index (κ3) is 15.0. The summed E-state index contributed by atoms with van der Waals surface area (Å²) in [7, 11) is 0.750. The first-order chi connectivity index (χ1) is 9.35. The molecule has 1 radical (unpaired) electrons. The van der Waals surface area contributed by atoms with Crippen LogP contribution < -0.4 is 4.74 Å². The average Bonchev–Trinajstić information content (AvgIpc) is 3.00. The molecule has 0 aromatic heterocycles. The summed E-state index contributed by atoms with van der Waals surface area (Å²) in [5, 5.41) is 0. The van der Waals surface area contributed by atoms with Gasteiger partial charge in [0.25, 0.3) is 0 Å². The van der Waals surface area contributed by atoms with Crippen LogP contribution in [0.5, 0.6) is 5.75 Å². The van der Waals surface area contributed by atoms with Gasteiger partial charge in [0.1, 0.15) is 5.75 Å². The Morgan fingerprint density at radius 1 is 1.25 bits per heavy atom. The predicted molar refractivity (Wildman–Crippen MR) is 86.9 cm³/mol. The van der Waals surface area contributed by atoms with Crippen molar-refractivity contribution >= 4 is 9.52 Å². The Morgan fingerprint density at radius 2 is 1.90 bits per heavy atom. The number of hydrogen-bond acceptors (Lipinski definition) is 1. The van der Waals surface area contributed by atoms with Crippen molar-refractivity contribution in [2.45, 2.75) is 19.5 Å². The third-order valence-corrected chi connectivity index (χ3v) is 1.75. The fraction of sp³-hybridized carbons (Fsp3) is 0.176. The molecule has 1 aromatic carbocycles. The summed E-state index contributed by atoms with van der Waals surface area (Å²) in [5.41, 5.74) is 0. The zero-order valence-corrected chi connectivity index (χ0v) is 15.0. The first-order valence-electron chi connectivity index (χ1n) is 6.30. The van der Waals surface area contributed by atoms with Gasteiger partial charge in [-0.15, -0.1) is 6.42 Å². The Hall–Kier alpha value is -1.09. The van der Waals surface area contributed by atoms with Crippen molar-refractivity contribution in [3.05, 3.63) is 79.6 Å². The van der Waals surface area contributed by atoms with Gasteiger partial charge in [-0.1, -0.05) is 43.9 Å². The molecule has 0 saturated heterocycles. The monoisotopic (exact) mass is 318 g/mol. The summed E-state index contributed by atoms with van der Waals surface area (Å²) in [6.07, 6.45) is 15.0. The number of hydrogen-bond donors (Lipinski definition) is 0. The minimum absolute atomic E-state index is 0. The maximum Gasteiger partial charge on any atom is 0.126 e. The molecule has 0 spiro atoms. The minimum Gasteiger partial charge on any atom is -0.465 e. The van der Waals surface area contributed by atoms with Crippen LogP contribution in [0.25, 0.3) is 0 Å². The van der Waals surface area contributed by atoms with Crippen molar-refractivity contribution in [1.29, 1.82) is 0 Å². The molecular formula is C17H22OSiTi-. The van der Waals surface area contributed by atoms with E-state index in [-0.39, 0.29) is 21.7 Å². The van der Waals surface area contributed by atoms with Gasteiger partial charge in [0.05, 0.1) is 6.26 Å². The summed E-state index contributed by atoms with van der Waals surface area (Å²) in [4.78, 5) is 0. The molecule has 1 aliphatic rings. The number of para-hydroxylation sites is 1. The Morgan fingerprint density at radius 3 is 2.30 bits per heavy atom. The second kappa shape index (κ2) is 17.9. The molecule has 0 amide bonds. The van der Waals surface area contributed by atoms with E-state index in [2.05, 4.69) is 31.8 Å². The second-order valence-corrected chi connectivity index (χ2v) is 4.73. The number of allylic oxidation sites excluding steroid dienone is 6. The third-order valence-electron chi connectivity index (χ3n) is 1.75. The fourth-order valence-corrected chi connectivity index (χ4v) is 1.01. The Balaban J connectivity index is 0. The molecule has 0 bridgehead atoms. The van der Waals surface area contributed by atoms with Gasteiger partial charge in [0, 0.05) is 31.2 Å². The summed E-state index contributed by atoms with van der Waals surface area (Å²) in [6.45, 7) is 7.94. The summed E-state index contributed by atoms with van der Waals surface area (Å²) in [6, 6.07) is 9.60. The Bertz CT molecular complexity index is 387. The van der Waals surface area contributed by atoms with Gasteiger partial charge in [-0.3, -0.25) is 6.08 Å². The van der Waals surface area contributed by atoms with Gasteiger partial charge in [0.15, 0.2) is 0 Å². The molecule has 1 aliphatic carbocycles. The van der Waals surface area contributed by atoms with Crippen molar-refractivity contribution in [2.24, 2.45) is 0 Å². The maximum atomic E-state index is 5.19. The molecule has 0 fully saturated rings. The van der Waals surface area contributed by atoms with Gasteiger partial charge >= 0.3 is 0 Å². The molecule has 2 rings (SSSR count). The molecular weight excluding hydrogens is 296 g/mol. The van der Waals surface area contributed by atoms with Crippen molar-refractivity contribution in [3.8, 4) is 5.75 Å². The Labute approximate surface area is 140 Å². The normalized spacial score (nSPS) is 10.7. The van der Waals surface area contributed by atoms with Crippen LogP contribution >= 0.6 is 0 Å². The average molecular weight is 318 g/mol. The van der Waals surface area contributed by atoms with E-state index in [0.29, 0.717) is 0 Å². The first-order valence-corrected chi connectivity index (χ1v) is 8.61. The van der Waals surface area contributed by atoms with Crippen molar-refractivity contribution in [1.82, 2.24) is 0 Å². The van der Waals surface area contributed by atoms with Gasteiger partial charge in [-0.05, 0) is 18.2 Å². The van der Waals surface area contributed by atoms with Crippen LogP contribution in [0.4, 0.5) is 0 Å². The molecule has 0 unspecified atom stereocenters. The van der Waals surface area contributed by atoms with Crippen LogP contribution in [-0.4, -0.2) is 9.52 Å². The minimum atomic E-state index is 0. The summed E-state index contributed by atoms with van der Waals surface area (Å²) in [5.74, 6) is 0.839. The van der Waals surface area contributed by atoms with Gasteiger partial charge in [-0.2, -0.15) is 6.08 Å². The molecule has 0 heterocycles. The van der Waals surface area contributed by atoms with E-state index in [4.69, 9.17) is 4.74 Å². The number of benzene rings is 1. The largest absolute Gasteiger partial charge is 0.465 e. The number of rotatable bonds is 3. The quantitative estimate of drug-likeness (QED) is 0.343. The molecule has 0 N–H and O–H groups in total. The van der Waals surface area contributed by atoms with Crippen LogP contribution in [0.1, 0.15) is 6.42 Å². The van der Waals surface area contributed by atoms with Crippen LogP contribution in [0, 0.1) is 6.08 Å². The first kappa shape index (κ1) is 21.2. The summed E-state index contributed by atoms with van der Waals surface area (Å²) >= 11 is 0. The molecule has 0 atom stereocenters. The van der Waals surface area contributed by atoms with Gasteiger partial charge < -0.3 is 4.74 Å². The van der Waals surface area contributed by atoms with Crippen LogP contribution in [0.2, 0.25) is 13.1 Å². The smallest absolute Gasteiger partial charge is 0.126 e. The van der Waals surface area contributed by atoms with E-state index in [1.54, 1.807) is 18.4 Å². The SMILES string of the molecule is C=CC=COc1ccccc1.C[SiH]C.[C-]1=CC=CC1.[Ti]. The number of ether oxygens (including phenoxy) is 1.